The van der Waals surface area contributed by atoms with Gasteiger partial charge in [0.05, 0.1) is 10.5 Å². The minimum absolute atomic E-state index is 0.0291. The van der Waals surface area contributed by atoms with E-state index in [0.717, 1.165) is 38.3 Å². The highest BCUT2D eigenvalue weighted by atomic mass is 32.2. The molecule has 0 aromatic heterocycles. The van der Waals surface area contributed by atoms with Gasteiger partial charge in [0, 0.05) is 43.6 Å². The number of anilines is 2. The second-order valence-corrected chi connectivity index (χ2v) is 11.4. The van der Waals surface area contributed by atoms with Crippen molar-refractivity contribution in [2.45, 2.75) is 69.2 Å². The van der Waals surface area contributed by atoms with Crippen LogP contribution in [0.2, 0.25) is 0 Å². The number of carbonyl (C=O) groups excluding carboxylic acids is 1. The number of piperazine rings is 1. The number of hydrogen-bond donors (Lipinski definition) is 3. The van der Waals surface area contributed by atoms with Crippen molar-refractivity contribution in [2.24, 2.45) is 0 Å². The molecule has 1 amide bonds. The summed E-state index contributed by atoms with van der Waals surface area (Å²) in [5, 5.41) is 6.35. The molecule has 1 saturated carbocycles. The van der Waals surface area contributed by atoms with Gasteiger partial charge in [-0.3, -0.25) is 9.52 Å². The number of benzene rings is 2. The third-order valence-electron chi connectivity index (χ3n) is 7.21. The molecule has 1 aliphatic heterocycles. The third kappa shape index (κ3) is 6.35. The lowest BCUT2D eigenvalue weighted by molar-refractivity contribution is 0.0939. The summed E-state index contributed by atoms with van der Waals surface area (Å²) in [5.41, 5.74) is 2.91. The van der Waals surface area contributed by atoms with Crippen LogP contribution < -0.4 is 20.3 Å². The van der Waals surface area contributed by atoms with E-state index in [-0.39, 0.29) is 16.8 Å². The predicted molar refractivity (Wildman–Crippen MR) is 142 cm³/mol. The van der Waals surface area contributed by atoms with Crippen LogP contribution in [0.1, 0.15) is 74.2 Å². The number of nitrogens with zero attached hydrogens (tertiary/aromatic N) is 1. The molecule has 2 aromatic carbocycles. The summed E-state index contributed by atoms with van der Waals surface area (Å²) >= 11 is 0. The molecule has 35 heavy (non-hydrogen) atoms. The van der Waals surface area contributed by atoms with Gasteiger partial charge in [0.25, 0.3) is 15.9 Å². The standard InChI is InChI=1S/C27H38N4O3S/c1-3-20(2)29-27(32)25-19-23(11-14-26(25)31-17-15-28-16-18-31)30-35(33,34)24-12-9-22(10-13-24)21-7-5-4-6-8-21/h9-14,19-21,28,30H,3-8,15-18H2,1-2H3,(H,29,32)/t20-/m1/s1. The third-order valence-corrected chi connectivity index (χ3v) is 8.61. The molecular weight excluding hydrogens is 460 g/mol. The Morgan fingerprint density at radius 2 is 1.74 bits per heavy atom. The number of hydrogen-bond acceptors (Lipinski definition) is 5. The second-order valence-electron chi connectivity index (χ2n) is 9.76. The zero-order valence-corrected chi connectivity index (χ0v) is 21.7. The maximum absolute atomic E-state index is 13.2. The fraction of sp³-hybridized carbons (Fsp3) is 0.519. The molecular formula is C27H38N4O3S. The minimum Gasteiger partial charge on any atom is -0.368 e. The maximum atomic E-state index is 13.2. The summed E-state index contributed by atoms with van der Waals surface area (Å²) in [6, 6.07) is 12.6. The van der Waals surface area contributed by atoms with E-state index >= 15 is 0 Å². The van der Waals surface area contributed by atoms with E-state index in [1.807, 2.05) is 32.0 Å². The SMILES string of the molecule is CC[C@@H](C)NC(=O)c1cc(NS(=O)(=O)c2ccc(C3CCCCC3)cc2)ccc1N1CCNCC1. The van der Waals surface area contributed by atoms with Crippen LogP contribution in [0, 0.1) is 0 Å². The summed E-state index contributed by atoms with van der Waals surface area (Å²) in [4.78, 5) is 15.5. The summed E-state index contributed by atoms with van der Waals surface area (Å²) in [6.07, 6.45) is 6.93. The summed E-state index contributed by atoms with van der Waals surface area (Å²) in [6.45, 7) is 7.26. The Kier molecular flexibility index (Phi) is 8.34. The van der Waals surface area contributed by atoms with Crippen LogP contribution in [0.4, 0.5) is 11.4 Å². The van der Waals surface area contributed by atoms with Gasteiger partial charge in [-0.25, -0.2) is 8.42 Å². The van der Waals surface area contributed by atoms with Gasteiger partial charge >= 0.3 is 0 Å². The molecule has 3 N–H and O–H groups in total. The average molecular weight is 499 g/mol. The lowest BCUT2D eigenvalue weighted by Crippen LogP contribution is -2.44. The van der Waals surface area contributed by atoms with Crippen LogP contribution in [0.3, 0.4) is 0 Å². The first-order valence-electron chi connectivity index (χ1n) is 12.9. The fourth-order valence-electron chi connectivity index (χ4n) is 4.94. The van der Waals surface area contributed by atoms with Gasteiger partial charge in [0.1, 0.15) is 0 Å². The second kappa shape index (κ2) is 11.4. The van der Waals surface area contributed by atoms with Gasteiger partial charge in [-0.15, -0.1) is 0 Å². The van der Waals surface area contributed by atoms with Crippen molar-refractivity contribution in [3.8, 4) is 0 Å². The van der Waals surface area contributed by atoms with Gasteiger partial charge < -0.3 is 15.5 Å². The van der Waals surface area contributed by atoms with Crippen molar-refractivity contribution in [1.29, 1.82) is 0 Å². The molecule has 0 radical (unpaired) electrons. The van der Waals surface area contributed by atoms with Gasteiger partial charge in [-0.05, 0) is 68.0 Å². The van der Waals surface area contributed by atoms with E-state index in [1.54, 1.807) is 24.3 Å². The zero-order chi connectivity index (χ0) is 24.8. The number of rotatable bonds is 8. The van der Waals surface area contributed by atoms with Crippen molar-refractivity contribution in [3.05, 3.63) is 53.6 Å². The topological polar surface area (TPSA) is 90.5 Å². The molecule has 1 saturated heterocycles. The molecule has 1 atom stereocenters. The monoisotopic (exact) mass is 498 g/mol. The highest BCUT2D eigenvalue weighted by Gasteiger charge is 2.22. The Hall–Kier alpha value is -2.58. The maximum Gasteiger partial charge on any atom is 0.261 e. The van der Waals surface area contributed by atoms with E-state index < -0.39 is 10.0 Å². The lowest BCUT2D eigenvalue weighted by atomic mass is 9.84. The smallest absolute Gasteiger partial charge is 0.261 e. The Labute approximate surface area is 209 Å². The van der Waals surface area contributed by atoms with Crippen molar-refractivity contribution in [3.63, 3.8) is 0 Å². The normalized spacial score (nSPS) is 18.2. The molecule has 2 aromatic rings. The summed E-state index contributed by atoms with van der Waals surface area (Å²) in [5.74, 6) is 0.336. The molecule has 4 rings (SSSR count). The summed E-state index contributed by atoms with van der Waals surface area (Å²) < 4.78 is 29.0. The highest BCUT2D eigenvalue weighted by molar-refractivity contribution is 7.92. The van der Waals surface area contributed by atoms with E-state index in [9.17, 15) is 13.2 Å². The minimum atomic E-state index is -3.77. The van der Waals surface area contributed by atoms with Gasteiger partial charge in [-0.1, -0.05) is 38.3 Å². The van der Waals surface area contributed by atoms with E-state index in [1.165, 1.54) is 37.7 Å². The van der Waals surface area contributed by atoms with Crippen molar-refractivity contribution < 1.29 is 13.2 Å². The Morgan fingerprint density at radius 1 is 1.06 bits per heavy atom. The highest BCUT2D eigenvalue weighted by Crippen LogP contribution is 2.33. The van der Waals surface area contributed by atoms with Crippen LogP contribution in [-0.2, 0) is 10.0 Å². The first-order chi connectivity index (χ1) is 16.9. The van der Waals surface area contributed by atoms with E-state index in [4.69, 9.17) is 0 Å². The lowest BCUT2D eigenvalue weighted by Gasteiger charge is -2.31. The molecule has 7 nitrogen and oxygen atoms in total. The zero-order valence-electron chi connectivity index (χ0n) is 20.8. The van der Waals surface area contributed by atoms with Gasteiger partial charge in [0.2, 0.25) is 0 Å². The fourth-order valence-corrected chi connectivity index (χ4v) is 5.99. The Balaban J connectivity index is 1.56. The molecule has 190 valence electrons. The number of nitrogens with one attached hydrogen (secondary N) is 3. The van der Waals surface area contributed by atoms with Crippen molar-refractivity contribution >= 4 is 27.3 Å². The molecule has 2 aliphatic rings. The van der Waals surface area contributed by atoms with Gasteiger partial charge in [0.15, 0.2) is 0 Å². The number of carbonyl (C=O) groups is 1. The molecule has 1 aliphatic carbocycles. The Bertz CT molecular complexity index is 1110. The molecule has 1 heterocycles. The van der Waals surface area contributed by atoms with Crippen molar-refractivity contribution in [2.75, 3.05) is 35.8 Å². The average Bonchev–Trinajstić information content (AvgIpc) is 2.89. The van der Waals surface area contributed by atoms with Crippen molar-refractivity contribution in [1.82, 2.24) is 10.6 Å². The quantitative estimate of drug-likeness (QED) is 0.500. The molecule has 8 heteroatoms. The van der Waals surface area contributed by atoms with Crippen LogP contribution in [0.25, 0.3) is 0 Å². The summed E-state index contributed by atoms with van der Waals surface area (Å²) in [7, 11) is -3.77. The predicted octanol–water partition coefficient (Wildman–Crippen LogP) is 4.47. The van der Waals surface area contributed by atoms with Crippen LogP contribution in [-0.4, -0.2) is 46.5 Å². The number of sulfonamides is 1. The van der Waals surface area contributed by atoms with E-state index in [0.29, 0.717) is 17.2 Å². The molecule has 0 spiro atoms. The molecule has 2 fully saturated rings. The first kappa shape index (κ1) is 25.5. The van der Waals surface area contributed by atoms with Crippen LogP contribution in [0.15, 0.2) is 47.4 Å². The molecule has 0 bridgehead atoms. The van der Waals surface area contributed by atoms with Gasteiger partial charge in [-0.2, -0.15) is 0 Å². The number of amides is 1. The van der Waals surface area contributed by atoms with E-state index in [2.05, 4.69) is 20.3 Å². The van der Waals surface area contributed by atoms with Crippen LogP contribution in [0.5, 0.6) is 0 Å². The first-order valence-corrected chi connectivity index (χ1v) is 14.4. The van der Waals surface area contributed by atoms with Crippen LogP contribution >= 0.6 is 0 Å². The molecule has 0 unspecified atom stereocenters. The Morgan fingerprint density at radius 3 is 2.40 bits per heavy atom. The largest absolute Gasteiger partial charge is 0.368 e.